The van der Waals surface area contributed by atoms with Crippen LogP contribution in [0.25, 0.3) is 5.69 Å². The van der Waals surface area contributed by atoms with Gasteiger partial charge in [0.2, 0.25) is 5.91 Å². The molecule has 2 fully saturated rings. The Labute approximate surface area is 184 Å². The summed E-state index contributed by atoms with van der Waals surface area (Å²) in [6, 6.07) is 13.4. The average molecular weight is 438 g/mol. The van der Waals surface area contributed by atoms with Gasteiger partial charge in [0, 0.05) is 37.8 Å². The molecule has 8 nitrogen and oxygen atoms in total. The number of rotatable bonds is 6. The van der Waals surface area contributed by atoms with Crippen LogP contribution >= 0.6 is 11.8 Å². The SMILES string of the molecule is O=C(CSc1nnc(C2CC2)n1-c1ccccc1)N1CCN(C(=O)c2ccco2)CC1. The molecule has 31 heavy (non-hydrogen) atoms. The third-order valence-electron chi connectivity index (χ3n) is 5.59. The first kappa shape index (κ1) is 19.9. The molecule has 2 aliphatic rings. The number of carbonyl (C=O) groups excluding carboxylic acids is 2. The number of piperazine rings is 1. The van der Waals surface area contributed by atoms with Gasteiger partial charge in [-0.2, -0.15) is 0 Å². The summed E-state index contributed by atoms with van der Waals surface area (Å²) in [5, 5.41) is 9.53. The maximum Gasteiger partial charge on any atom is 0.289 e. The largest absolute Gasteiger partial charge is 0.459 e. The van der Waals surface area contributed by atoms with Gasteiger partial charge in [-0.25, -0.2) is 0 Å². The van der Waals surface area contributed by atoms with Crippen molar-refractivity contribution < 1.29 is 14.0 Å². The highest BCUT2D eigenvalue weighted by molar-refractivity contribution is 7.99. The Kier molecular flexibility index (Phi) is 5.50. The van der Waals surface area contributed by atoms with E-state index >= 15 is 0 Å². The first-order valence-electron chi connectivity index (χ1n) is 10.4. The monoisotopic (exact) mass is 437 g/mol. The predicted octanol–water partition coefficient (Wildman–Crippen LogP) is 2.81. The van der Waals surface area contributed by atoms with Crippen molar-refractivity contribution in [2.24, 2.45) is 0 Å². The summed E-state index contributed by atoms with van der Waals surface area (Å²) in [6.45, 7) is 2.04. The van der Waals surface area contributed by atoms with Gasteiger partial charge >= 0.3 is 0 Å². The molecule has 0 radical (unpaired) electrons. The zero-order chi connectivity index (χ0) is 21.2. The van der Waals surface area contributed by atoms with Crippen LogP contribution in [0.5, 0.6) is 0 Å². The third-order valence-corrected chi connectivity index (χ3v) is 6.51. The first-order valence-corrected chi connectivity index (χ1v) is 11.4. The molecule has 0 unspecified atom stereocenters. The molecule has 1 saturated carbocycles. The van der Waals surface area contributed by atoms with E-state index in [0.717, 1.165) is 29.5 Å². The molecule has 0 bridgehead atoms. The number of nitrogens with zero attached hydrogens (tertiary/aromatic N) is 5. The summed E-state index contributed by atoms with van der Waals surface area (Å²) in [5.41, 5.74) is 1.02. The van der Waals surface area contributed by atoms with E-state index in [-0.39, 0.29) is 11.8 Å². The van der Waals surface area contributed by atoms with Gasteiger partial charge in [0.15, 0.2) is 10.9 Å². The van der Waals surface area contributed by atoms with Crippen LogP contribution in [0.1, 0.15) is 35.1 Å². The summed E-state index contributed by atoms with van der Waals surface area (Å²) in [4.78, 5) is 28.7. The van der Waals surface area contributed by atoms with Crippen LogP contribution in [0.2, 0.25) is 0 Å². The molecule has 5 rings (SSSR count). The van der Waals surface area contributed by atoms with Crippen molar-refractivity contribution in [2.45, 2.75) is 23.9 Å². The van der Waals surface area contributed by atoms with Gasteiger partial charge in [-0.05, 0) is 37.1 Å². The average Bonchev–Trinajstić information content (AvgIpc) is 3.34. The number of hydrogen-bond donors (Lipinski definition) is 0. The molecular weight excluding hydrogens is 414 g/mol. The second-order valence-electron chi connectivity index (χ2n) is 7.72. The highest BCUT2D eigenvalue weighted by Gasteiger charge is 2.31. The Hall–Kier alpha value is -3.07. The van der Waals surface area contributed by atoms with Crippen LogP contribution in [-0.4, -0.2) is 68.3 Å². The van der Waals surface area contributed by atoms with Crippen molar-refractivity contribution in [3.8, 4) is 5.69 Å². The number of carbonyl (C=O) groups is 2. The molecule has 9 heteroatoms. The number of aromatic nitrogens is 3. The maximum absolute atomic E-state index is 12.8. The number of benzene rings is 1. The molecule has 3 heterocycles. The fourth-order valence-corrected chi connectivity index (χ4v) is 4.59. The fraction of sp³-hybridized carbons (Fsp3) is 0.364. The van der Waals surface area contributed by atoms with E-state index in [1.165, 1.54) is 18.0 Å². The zero-order valence-electron chi connectivity index (χ0n) is 17.0. The van der Waals surface area contributed by atoms with Gasteiger partial charge < -0.3 is 14.2 Å². The minimum atomic E-state index is -0.130. The van der Waals surface area contributed by atoms with Gasteiger partial charge in [0.25, 0.3) is 5.91 Å². The van der Waals surface area contributed by atoms with Crippen molar-refractivity contribution >= 4 is 23.6 Å². The fourth-order valence-electron chi connectivity index (χ4n) is 3.73. The normalized spacial score (nSPS) is 16.5. The lowest BCUT2D eigenvalue weighted by Gasteiger charge is -2.34. The molecule has 1 aliphatic heterocycles. The molecule has 2 amide bonds. The zero-order valence-corrected chi connectivity index (χ0v) is 17.8. The van der Waals surface area contributed by atoms with Gasteiger partial charge in [-0.1, -0.05) is 30.0 Å². The smallest absolute Gasteiger partial charge is 0.289 e. The van der Waals surface area contributed by atoms with Crippen LogP contribution in [0.15, 0.2) is 58.3 Å². The molecule has 0 N–H and O–H groups in total. The number of hydrogen-bond acceptors (Lipinski definition) is 6. The summed E-state index contributed by atoms with van der Waals surface area (Å²) in [5.74, 6) is 1.98. The first-order chi connectivity index (χ1) is 15.2. The molecule has 2 aromatic heterocycles. The molecule has 3 aromatic rings. The molecular formula is C22H23N5O3S. The Bertz CT molecular complexity index is 1050. The van der Waals surface area contributed by atoms with E-state index in [1.54, 1.807) is 17.0 Å². The lowest BCUT2D eigenvalue weighted by atomic mass is 10.3. The lowest BCUT2D eigenvalue weighted by molar-refractivity contribution is -0.129. The number of furan rings is 1. The van der Waals surface area contributed by atoms with Gasteiger partial charge in [-0.15, -0.1) is 10.2 Å². The standard InChI is InChI=1S/C22H23N5O3S/c28-19(25-10-12-26(13-11-25)21(29)18-7-4-14-30-18)15-31-22-24-23-20(16-8-9-16)27(22)17-5-2-1-3-6-17/h1-7,14,16H,8-13,15H2. The van der Waals surface area contributed by atoms with Crippen molar-refractivity contribution in [2.75, 3.05) is 31.9 Å². The van der Waals surface area contributed by atoms with Gasteiger partial charge in [0.05, 0.1) is 12.0 Å². The van der Waals surface area contributed by atoms with Crippen LogP contribution < -0.4 is 0 Å². The highest BCUT2D eigenvalue weighted by Crippen LogP contribution is 2.41. The summed E-state index contributed by atoms with van der Waals surface area (Å²) < 4.78 is 7.27. The quantitative estimate of drug-likeness (QED) is 0.552. The number of thioether (sulfide) groups is 1. The minimum absolute atomic E-state index is 0.0469. The molecule has 1 aliphatic carbocycles. The van der Waals surface area contributed by atoms with Crippen molar-refractivity contribution in [1.82, 2.24) is 24.6 Å². The maximum atomic E-state index is 12.8. The van der Waals surface area contributed by atoms with E-state index in [1.807, 2.05) is 35.2 Å². The van der Waals surface area contributed by atoms with Gasteiger partial charge in [0.1, 0.15) is 5.82 Å². The van der Waals surface area contributed by atoms with E-state index in [4.69, 9.17) is 4.42 Å². The summed E-state index contributed by atoms with van der Waals surface area (Å²) in [6.07, 6.45) is 3.76. The molecule has 1 aromatic carbocycles. The van der Waals surface area contributed by atoms with E-state index < -0.39 is 0 Å². The van der Waals surface area contributed by atoms with E-state index in [2.05, 4.69) is 14.8 Å². The molecule has 0 spiro atoms. The van der Waals surface area contributed by atoms with Gasteiger partial charge in [-0.3, -0.25) is 14.2 Å². The molecule has 0 atom stereocenters. The van der Waals surface area contributed by atoms with Crippen molar-refractivity contribution in [3.63, 3.8) is 0 Å². The minimum Gasteiger partial charge on any atom is -0.459 e. The predicted molar refractivity (Wildman–Crippen MR) is 115 cm³/mol. The Morgan fingerprint density at radius 3 is 2.39 bits per heavy atom. The van der Waals surface area contributed by atoms with Crippen molar-refractivity contribution in [1.29, 1.82) is 0 Å². The van der Waals surface area contributed by atoms with Crippen LogP contribution in [0.4, 0.5) is 0 Å². The third kappa shape index (κ3) is 4.23. The second kappa shape index (κ2) is 8.58. The van der Waals surface area contributed by atoms with Crippen LogP contribution in [0, 0.1) is 0 Å². The number of para-hydroxylation sites is 1. The molecule has 160 valence electrons. The lowest BCUT2D eigenvalue weighted by Crippen LogP contribution is -2.51. The van der Waals surface area contributed by atoms with Crippen LogP contribution in [-0.2, 0) is 4.79 Å². The summed E-state index contributed by atoms with van der Waals surface area (Å²) >= 11 is 1.42. The second-order valence-corrected chi connectivity index (χ2v) is 8.67. The van der Waals surface area contributed by atoms with E-state index in [0.29, 0.717) is 43.6 Å². The van der Waals surface area contributed by atoms with Crippen molar-refractivity contribution in [3.05, 3.63) is 60.3 Å². The van der Waals surface area contributed by atoms with E-state index in [9.17, 15) is 9.59 Å². The Morgan fingerprint density at radius 2 is 1.71 bits per heavy atom. The number of amides is 2. The summed E-state index contributed by atoms with van der Waals surface area (Å²) in [7, 11) is 0. The van der Waals surface area contributed by atoms with Crippen LogP contribution in [0.3, 0.4) is 0 Å². The highest BCUT2D eigenvalue weighted by atomic mass is 32.2. The topological polar surface area (TPSA) is 84.5 Å². The Morgan fingerprint density at radius 1 is 0.968 bits per heavy atom. The molecule has 1 saturated heterocycles. The Balaban J connectivity index is 1.20.